The summed E-state index contributed by atoms with van der Waals surface area (Å²) in [4.78, 5) is 13.0. The van der Waals surface area contributed by atoms with Gasteiger partial charge in [0.05, 0.1) is 19.0 Å². The van der Waals surface area contributed by atoms with Crippen molar-refractivity contribution in [3.8, 4) is 28.6 Å². The molecule has 0 aliphatic carbocycles. The molecule has 1 aromatic carbocycles. The van der Waals surface area contributed by atoms with E-state index < -0.39 is 0 Å². The van der Waals surface area contributed by atoms with Crippen LogP contribution in [0.2, 0.25) is 0 Å². The third-order valence-electron chi connectivity index (χ3n) is 4.61. The Bertz CT molecular complexity index is 1100. The number of ether oxygens (including phenoxy) is 2. The van der Waals surface area contributed by atoms with E-state index in [1.165, 1.54) is 5.56 Å². The number of hydrogen-bond acceptors (Lipinski definition) is 7. The van der Waals surface area contributed by atoms with Crippen molar-refractivity contribution in [2.24, 2.45) is 0 Å². The molecule has 3 heterocycles. The molecule has 0 fully saturated rings. The Morgan fingerprint density at radius 1 is 1.00 bits per heavy atom. The Hall–Kier alpha value is -3.45. The second kappa shape index (κ2) is 8.92. The van der Waals surface area contributed by atoms with Gasteiger partial charge in [0.2, 0.25) is 5.88 Å². The highest BCUT2D eigenvalue weighted by Crippen LogP contribution is 2.34. The molecule has 0 radical (unpaired) electrons. The second-order valence-corrected chi connectivity index (χ2v) is 7.68. The van der Waals surface area contributed by atoms with Gasteiger partial charge in [-0.15, -0.1) is 11.3 Å². The number of rotatable bonds is 7. The van der Waals surface area contributed by atoms with E-state index in [2.05, 4.69) is 34.5 Å². The van der Waals surface area contributed by atoms with E-state index in [-0.39, 0.29) is 0 Å². The summed E-state index contributed by atoms with van der Waals surface area (Å²) in [7, 11) is 1.59. The van der Waals surface area contributed by atoms with Crippen LogP contribution in [0.1, 0.15) is 16.7 Å². The molecular formula is C23H22N4O2S. The number of benzene rings is 1. The van der Waals surface area contributed by atoms with Crippen LogP contribution < -0.4 is 14.8 Å². The molecule has 0 aliphatic rings. The zero-order valence-electron chi connectivity index (χ0n) is 17.0. The predicted molar refractivity (Wildman–Crippen MR) is 119 cm³/mol. The van der Waals surface area contributed by atoms with Gasteiger partial charge in [-0.05, 0) is 60.9 Å². The van der Waals surface area contributed by atoms with Crippen LogP contribution >= 0.6 is 11.3 Å². The Morgan fingerprint density at radius 2 is 1.77 bits per heavy atom. The van der Waals surface area contributed by atoms with Gasteiger partial charge in [-0.3, -0.25) is 4.98 Å². The number of thiazole rings is 1. The molecule has 0 amide bonds. The molecule has 4 aromatic rings. The average Bonchev–Trinajstić information content (AvgIpc) is 3.21. The Labute approximate surface area is 179 Å². The van der Waals surface area contributed by atoms with Crippen molar-refractivity contribution < 1.29 is 9.47 Å². The van der Waals surface area contributed by atoms with Crippen molar-refractivity contribution in [3.63, 3.8) is 0 Å². The van der Waals surface area contributed by atoms with Gasteiger partial charge in [0.15, 0.2) is 5.13 Å². The zero-order valence-corrected chi connectivity index (χ0v) is 17.9. The topological polar surface area (TPSA) is 69.2 Å². The molecule has 4 rings (SSSR count). The smallest absolute Gasteiger partial charge is 0.213 e. The highest BCUT2D eigenvalue weighted by molar-refractivity contribution is 7.14. The van der Waals surface area contributed by atoms with E-state index >= 15 is 0 Å². The first-order valence-corrected chi connectivity index (χ1v) is 10.4. The molecule has 7 heteroatoms. The van der Waals surface area contributed by atoms with Gasteiger partial charge in [-0.25, -0.2) is 9.97 Å². The maximum atomic E-state index is 5.97. The summed E-state index contributed by atoms with van der Waals surface area (Å²) in [5.41, 5.74) is 5.48. The van der Waals surface area contributed by atoms with Crippen molar-refractivity contribution in [1.29, 1.82) is 0 Å². The van der Waals surface area contributed by atoms with Gasteiger partial charge in [-0.2, -0.15) is 0 Å². The lowest BCUT2D eigenvalue weighted by Crippen LogP contribution is -1.99. The molecule has 0 saturated carbocycles. The number of methoxy groups -OCH3 is 1. The highest BCUT2D eigenvalue weighted by atomic mass is 32.1. The number of aryl methyl sites for hydroxylation is 2. The summed E-state index contributed by atoms with van der Waals surface area (Å²) < 4.78 is 11.1. The SMILES string of the molecule is COc1ccc(Oc2cc(C)c(-c3csc(NCc4ccncc4)n3)c(C)c2)cn1. The first kappa shape index (κ1) is 19.8. The summed E-state index contributed by atoms with van der Waals surface area (Å²) in [6, 6.07) is 11.6. The van der Waals surface area contributed by atoms with Crippen molar-refractivity contribution in [1.82, 2.24) is 15.0 Å². The number of pyridine rings is 2. The highest BCUT2D eigenvalue weighted by Gasteiger charge is 2.13. The van der Waals surface area contributed by atoms with E-state index in [1.54, 1.807) is 43.1 Å². The molecule has 1 N–H and O–H groups in total. The van der Waals surface area contributed by atoms with Crippen LogP contribution in [0.4, 0.5) is 5.13 Å². The van der Waals surface area contributed by atoms with Crippen LogP contribution in [-0.2, 0) is 6.54 Å². The Balaban J connectivity index is 1.50. The molecule has 30 heavy (non-hydrogen) atoms. The molecular weight excluding hydrogens is 396 g/mol. The average molecular weight is 419 g/mol. The Morgan fingerprint density at radius 3 is 2.43 bits per heavy atom. The lowest BCUT2D eigenvalue weighted by molar-refractivity contribution is 0.395. The fraction of sp³-hybridized carbons (Fsp3) is 0.174. The number of anilines is 1. The molecule has 6 nitrogen and oxygen atoms in total. The van der Waals surface area contributed by atoms with Crippen LogP contribution in [0.3, 0.4) is 0 Å². The van der Waals surface area contributed by atoms with Gasteiger partial charge in [-0.1, -0.05) is 0 Å². The minimum Gasteiger partial charge on any atom is -0.481 e. The van der Waals surface area contributed by atoms with E-state index in [4.69, 9.17) is 14.5 Å². The van der Waals surface area contributed by atoms with Crippen LogP contribution in [0, 0.1) is 13.8 Å². The van der Waals surface area contributed by atoms with Crippen LogP contribution in [0.25, 0.3) is 11.3 Å². The maximum Gasteiger partial charge on any atom is 0.213 e. The fourth-order valence-corrected chi connectivity index (χ4v) is 3.92. The van der Waals surface area contributed by atoms with Gasteiger partial charge in [0, 0.05) is 35.9 Å². The van der Waals surface area contributed by atoms with Gasteiger partial charge in [0.1, 0.15) is 11.5 Å². The Kier molecular flexibility index (Phi) is 5.90. The van der Waals surface area contributed by atoms with Gasteiger partial charge >= 0.3 is 0 Å². The molecule has 3 aromatic heterocycles. The molecule has 0 aliphatic heterocycles. The third-order valence-corrected chi connectivity index (χ3v) is 5.41. The quantitative estimate of drug-likeness (QED) is 0.419. The number of nitrogens with one attached hydrogen (secondary N) is 1. The van der Waals surface area contributed by atoms with Gasteiger partial charge < -0.3 is 14.8 Å². The number of aromatic nitrogens is 3. The van der Waals surface area contributed by atoms with E-state index in [9.17, 15) is 0 Å². The summed E-state index contributed by atoms with van der Waals surface area (Å²) in [6.07, 6.45) is 5.24. The minimum absolute atomic E-state index is 0.557. The maximum absolute atomic E-state index is 5.97. The number of nitrogens with zero attached hydrogens (tertiary/aromatic N) is 3. The second-order valence-electron chi connectivity index (χ2n) is 6.82. The van der Waals surface area contributed by atoms with Crippen molar-refractivity contribution >= 4 is 16.5 Å². The molecule has 0 spiro atoms. The van der Waals surface area contributed by atoms with Crippen molar-refractivity contribution in [2.75, 3.05) is 12.4 Å². The molecule has 0 saturated heterocycles. The molecule has 0 unspecified atom stereocenters. The normalized spacial score (nSPS) is 10.6. The fourth-order valence-electron chi connectivity index (χ4n) is 3.22. The summed E-state index contributed by atoms with van der Waals surface area (Å²) >= 11 is 1.60. The van der Waals surface area contributed by atoms with Crippen molar-refractivity contribution in [2.45, 2.75) is 20.4 Å². The standard InChI is InChI=1S/C23H22N4O2S/c1-15-10-19(29-18-4-5-21(28-3)25-13-18)11-16(2)22(15)20-14-30-23(27-20)26-12-17-6-8-24-9-7-17/h4-11,13-14H,12H2,1-3H3,(H,26,27). The van der Waals surface area contributed by atoms with Crippen LogP contribution in [0.15, 0.2) is 60.4 Å². The predicted octanol–water partition coefficient (Wildman–Crippen LogP) is 5.63. The van der Waals surface area contributed by atoms with E-state index in [0.717, 1.165) is 39.8 Å². The van der Waals surface area contributed by atoms with Crippen molar-refractivity contribution in [3.05, 3.63) is 77.1 Å². The minimum atomic E-state index is 0.557. The van der Waals surface area contributed by atoms with Gasteiger partial charge in [0.25, 0.3) is 0 Å². The third kappa shape index (κ3) is 4.58. The lowest BCUT2D eigenvalue weighted by Gasteiger charge is -2.12. The first-order valence-electron chi connectivity index (χ1n) is 9.50. The monoisotopic (exact) mass is 418 g/mol. The first-order chi connectivity index (χ1) is 14.6. The largest absolute Gasteiger partial charge is 0.481 e. The van der Waals surface area contributed by atoms with Crippen LogP contribution in [-0.4, -0.2) is 22.1 Å². The summed E-state index contributed by atoms with van der Waals surface area (Å²) in [6.45, 7) is 4.87. The number of hydrogen-bond donors (Lipinski definition) is 1. The molecule has 0 atom stereocenters. The lowest BCUT2D eigenvalue weighted by atomic mass is 10.0. The van der Waals surface area contributed by atoms with E-state index in [0.29, 0.717) is 11.6 Å². The summed E-state index contributed by atoms with van der Waals surface area (Å²) in [5.74, 6) is 1.99. The zero-order chi connectivity index (χ0) is 20.9. The van der Waals surface area contributed by atoms with Crippen LogP contribution in [0.5, 0.6) is 17.4 Å². The molecule has 152 valence electrons. The van der Waals surface area contributed by atoms with E-state index in [1.807, 2.05) is 30.3 Å². The summed E-state index contributed by atoms with van der Waals surface area (Å²) in [5, 5.41) is 6.36. The molecule has 0 bridgehead atoms.